The average molecular weight is 307 g/mol. The monoisotopic (exact) mass is 307 g/mol. The lowest BCUT2D eigenvalue weighted by Gasteiger charge is -2.06. The number of fused-ring (bicyclic) bond motifs is 1. The van der Waals surface area contributed by atoms with Crippen LogP contribution in [0.25, 0.3) is 11.0 Å². The van der Waals surface area contributed by atoms with Crippen LogP contribution < -0.4 is 5.32 Å². The fourth-order valence-corrected chi connectivity index (χ4v) is 2.64. The van der Waals surface area contributed by atoms with Crippen molar-refractivity contribution < 1.29 is 4.79 Å². The number of carbonyl (C=O) groups excluding carboxylic acids is 1. The van der Waals surface area contributed by atoms with Crippen molar-refractivity contribution >= 4 is 22.6 Å². The van der Waals surface area contributed by atoms with E-state index < -0.39 is 0 Å². The molecular weight excluding hydrogens is 286 g/mol. The van der Waals surface area contributed by atoms with Gasteiger partial charge < -0.3 is 10.3 Å². The molecule has 0 radical (unpaired) electrons. The van der Waals surface area contributed by atoms with Crippen molar-refractivity contribution in [2.75, 3.05) is 5.32 Å². The molecule has 0 aliphatic heterocycles. The highest BCUT2D eigenvalue weighted by molar-refractivity contribution is 5.90. The zero-order chi connectivity index (χ0) is 16.1. The van der Waals surface area contributed by atoms with Gasteiger partial charge in [0.05, 0.1) is 11.0 Å². The zero-order valence-electron chi connectivity index (χ0n) is 13.3. The molecule has 1 heterocycles. The average Bonchev–Trinajstić information content (AvgIpc) is 2.96. The van der Waals surface area contributed by atoms with Crippen molar-refractivity contribution in [2.24, 2.45) is 0 Å². The van der Waals surface area contributed by atoms with Gasteiger partial charge in [-0.25, -0.2) is 4.98 Å². The van der Waals surface area contributed by atoms with E-state index in [4.69, 9.17) is 0 Å². The first kappa shape index (κ1) is 15.3. The molecule has 1 aromatic heterocycles. The number of anilines is 1. The normalized spacial score (nSPS) is 10.8. The van der Waals surface area contributed by atoms with Crippen LogP contribution in [0.5, 0.6) is 0 Å². The summed E-state index contributed by atoms with van der Waals surface area (Å²) in [7, 11) is 0. The molecular formula is C19H21N3O. The molecule has 0 saturated heterocycles. The van der Waals surface area contributed by atoms with Crippen LogP contribution >= 0.6 is 0 Å². The largest absolute Gasteiger partial charge is 0.342 e. The van der Waals surface area contributed by atoms with Gasteiger partial charge in [-0.05, 0) is 42.7 Å². The van der Waals surface area contributed by atoms with E-state index in [-0.39, 0.29) is 5.91 Å². The molecule has 1 amide bonds. The highest BCUT2D eigenvalue weighted by atomic mass is 16.1. The van der Waals surface area contributed by atoms with Crippen molar-refractivity contribution in [3.63, 3.8) is 0 Å². The third-order valence-electron chi connectivity index (χ3n) is 3.78. The fourth-order valence-electron chi connectivity index (χ4n) is 2.64. The molecule has 0 saturated carbocycles. The Morgan fingerprint density at radius 3 is 2.83 bits per heavy atom. The number of aromatic nitrogens is 2. The van der Waals surface area contributed by atoms with Gasteiger partial charge in [-0.15, -0.1) is 0 Å². The highest BCUT2D eigenvalue weighted by Crippen LogP contribution is 2.15. The van der Waals surface area contributed by atoms with Gasteiger partial charge in [0.2, 0.25) is 5.91 Å². The molecule has 0 spiro atoms. The van der Waals surface area contributed by atoms with E-state index in [9.17, 15) is 4.79 Å². The third kappa shape index (κ3) is 3.97. The maximum atomic E-state index is 11.7. The molecule has 2 aromatic carbocycles. The SMILES string of the molecule is CCCC(=O)Nc1cccc(CCc2nc3ccccc3[nH]2)c1. The smallest absolute Gasteiger partial charge is 0.224 e. The topological polar surface area (TPSA) is 57.8 Å². The number of carbonyl (C=O) groups is 1. The van der Waals surface area contributed by atoms with Crippen molar-refractivity contribution in [3.8, 4) is 0 Å². The summed E-state index contributed by atoms with van der Waals surface area (Å²) in [4.78, 5) is 19.6. The van der Waals surface area contributed by atoms with Gasteiger partial charge in [-0.2, -0.15) is 0 Å². The minimum Gasteiger partial charge on any atom is -0.342 e. The van der Waals surface area contributed by atoms with Gasteiger partial charge in [0.25, 0.3) is 0 Å². The zero-order valence-corrected chi connectivity index (χ0v) is 13.3. The van der Waals surface area contributed by atoms with Gasteiger partial charge in [0.1, 0.15) is 5.82 Å². The lowest BCUT2D eigenvalue weighted by molar-refractivity contribution is -0.116. The van der Waals surface area contributed by atoms with E-state index in [0.29, 0.717) is 6.42 Å². The van der Waals surface area contributed by atoms with Crippen LogP contribution in [0, 0.1) is 0 Å². The molecule has 4 nitrogen and oxygen atoms in total. The number of aryl methyl sites for hydroxylation is 2. The standard InChI is InChI=1S/C19H21N3O/c1-2-6-19(23)20-15-8-5-7-14(13-15)11-12-18-21-16-9-3-4-10-17(16)22-18/h3-5,7-10,13H,2,6,11-12H2,1H3,(H,20,23)(H,21,22). The Labute approximate surface area is 136 Å². The number of rotatable bonds is 6. The van der Waals surface area contributed by atoms with Crippen LogP contribution in [0.1, 0.15) is 31.2 Å². The van der Waals surface area contributed by atoms with Crippen LogP contribution in [-0.2, 0) is 17.6 Å². The summed E-state index contributed by atoms with van der Waals surface area (Å²) in [5, 5.41) is 2.94. The van der Waals surface area contributed by atoms with Gasteiger partial charge in [-0.3, -0.25) is 4.79 Å². The summed E-state index contributed by atoms with van der Waals surface area (Å²) in [6.45, 7) is 2.00. The Morgan fingerprint density at radius 2 is 2.00 bits per heavy atom. The van der Waals surface area contributed by atoms with Crippen molar-refractivity contribution in [1.82, 2.24) is 9.97 Å². The quantitative estimate of drug-likeness (QED) is 0.720. The maximum Gasteiger partial charge on any atom is 0.224 e. The molecule has 0 fully saturated rings. The van der Waals surface area contributed by atoms with Crippen LogP contribution in [0.2, 0.25) is 0 Å². The Bertz CT molecular complexity index is 774. The van der Waals surface area contributed by atoms with E-state index in [0.717, 1.165) is 41.8 Å². The Morgan fingerprint density at radius 1 is 1.13 bits per heavy atom. The number of H-pyrrole nitrogens is 1. The number of imidazole rings is 1. The predicted octanol–water partition coefficient (Wildman–Crippen LogP) is 4.09. The van der Waals surface area contributed by atoms with E-state index in [1.807, 2.05) is 49.4 Å². The number of amides is 1. The molecule has 0 unspecified atom stereocenters. The lowest BCUT2D eigenvalue weighted by Crippen LogP contribution is -2.10. The van der Waals surface area contributed by atoms with Crippen molar-refractivity contribution in [1.29, 1.82) is 0 Å². The number of nitrogens with one attached hydrogen (secondary N) is 2. The number of hydrogen-bond acceptors (Lipinski definition) is 2. The first-order chi connectivity index (χ1) is 11.2. The van der Waals surface area contributed by atoms with Crippen molar-refractivity contribution in [2.45, 2.75) is 32.6 Å². The van der Waals surface area contributed by atoms with E-state index in [1.54, 1.807) is 0 Å². The molecule has 3 aromatic rings. The van der Waals surface area contributed by atoms with Crippen molar-refractivity contribution in [3.05, 3.63) is 59.9 Å². The summed E-state index contributed by atoms with van der Waals surface area (Å²) in [5.74, 6) is 1.06. The summed E-state index contributed by atoms with van der Waals surface area (Å²) >= 11 is 0. The van der Waals surface area contributed by atoms with Gasteiger partial charge in [0.15, 0.2) is 0 Å². The van der Waals surface area contributed by atoms with E-state index >= 15 is 0 Å². The summed E-state index contributed by atoms with van der Waals surface area (Å²) < 4.78 is 0. The van der Waals surface area contributed by atoms with Gasteiger partial charge >= 0.3 is 0 Å². The number of aromatic amines is 1. The maximum absolute atomic E-state index is 11.7. The minimum atomic E-state index is 0.0712. The molecule has 118 valence electrons. The van der Waals surface area contributed by atoms with Crippen LogP contribution in [0.3, 0.4) is 0 Å². The molecule has 0 atom stereocenters. The number of benzene rings is 2. The molecule has 0 bridgehead atoms. The second kappa shape index (κ2) is 7.09. The second-order valence-electron chi connectivity index (χ2n) is 5.70. The van der Waals surface area contributed by atoms with Gasteiger partial charge in [-0.1, -0.05) is 31.2 Å². The van der Waals surface area contributed by atoms with Crippen LogP contribution in [0.15, 0.2) is 48.5 Å². The predicted molar refractivity (Wildman–Crippen MR) is 93.5 cm³/mol. The number of para-hydroxylation sites is 2. The molecule has 0 aliphatic carbocycles. The fraction of sp³-hybridized carbons (Fsp3) is 0.263. The van der Waals surface area contributed by atoms with Crippen LogP contribution in [0.4, 0.5) is 5.69 Å². The highest BCUT2D eigenvalue weighted by Gasteiger charge is 2.04. The summed E-state index contributed by atoms with van der Waals surface area (Å²) in [6.07, 6.45) is 3.15. The first-order valence-corrected chi connectivity index (χ1v) is 8.07. The Hall–Kier alpha value is -2.62. The first-order valence-electron chi connectivity index (χ1n) is 8.07. The van der Waals surface area contributed by atoms with E-state index in [2.05, 4.69) is 21.4 Å². The number of nitrogens with zero attached hydrogens (tertiary/aromatic N) is 1. The third-order valence-corrected chi connectivity index (χ3v) is 3.78. The molecule has 23 heavy (non-hydrogen) atoms. The minimum absolute atomic E-state index is 0.0712. The molecule has 4 heteroatoms. The van der Waals surface area contributed by atoms with Crippen LogP contribution in [-0.4, -0.2) is 15.9 Å². The summed E-state index contributed by atoms with van der Waals surface area (Å²) in [6, 6.07) is 16.1. The second-order valence-corrected chi connectivity index (χ2v) is 5.70. The summed E-state index contributed by atoms with van der Waals surface area (Å²) in [5.41, 5.74) is 4.14. The Kier molecular flexibility index (Phi) is 4.71. The Balaban J connectivity index is 1.64. The molecule has 0 aliphatic rings. The van der Waals surface area contributed by atoms with E-state index in [1.165, 1.54) is 5.56 Å². The molecule has 3 rings (SSSR count). The number of hydrogen-bond donors (Lipinski definition) is 2. The van der Waals surface area contributed by atoms with Gasteiger partial charge in [0, 0.05) is 18.5 Å². The lowest BCUT2D eigenvalue weighted by atomic mass is 10.1. The molecule has 2 N–H and O–H groups in total.